The summed E-state index contributed by atoms with van der Waals surface area (Å²) in [5.74, 6) is 0.243. The van der Waals surface area contributed by atoms with Gasteiger partial charge in [-0.05, 0) is 50.7 Å². The van der Waals surface area contributed by atoms with Gasteiger partial charge >= 0.3 is 0 Å². The minimum atomic E-state index is -0.694. The van der Waals surface area contributed by atoms with E-state index in [-0.39, 0.29) is 17.5 Å². The maximum absolute atomic E-state index is 14.0. The van der Waals surface area contributed by atoms with Crippen molar-refractivity contribution in [1.82, 2.24) is 9.88 Å². The summed E-state index contributed by atoms with van der Waals surface area (Å²) in [6.07, 6.45) is 0. The molecule has 0 saturated heterocycles. The van der Waals surface area contributed by atoms with Crippen molar-refractivity contribution in [2.75, 3.05) is 14.2 Å². The highest BCUT2D eigenvalue weighted by atomic mass is 19.1. The van der Waals surface area contributed by atoms with Crippen LogP contribution in [0.5, 0.6) is 5.75 Å². The molecule has 0 unspecified atom stereocenters. The molecule has 0 aliphatic rings. The van der Waals surface area contributed by atoms with E-state index in [0.717, 1.165) is 17.4 Å². The fourth-order valence-electron chi connectivity index (χ4n) is 2.88. The molecule has 0 bridgehead atoms. The van der Waals surface area contributed by atoms with Gasteiger partial charge in [0, 0.05) is 18.7 Å². The molecule has 0 aliphatic carbocycles. The first-order valence-electron chi connectivity index (χ1n) is 8.65. The van der Waals surface area contributed by atoms with Crippen LogP contribution in [0.25, 0.3) is 11.5 Å². The van der Waals surface area contributed by atoms with E-state index in [0.29, 0.717) is 18.0 Å². The van der Waals surface area contributed by atoms with Crippen molar-refractivity contribution in [2.45, 2.75) is 26.4 Å². The third kappa shape index (κ3) is 4.17. The van der Waals surface area contributed by atoms with E-state index < -0.39 is 11.6 Å². The van der Waals surface area contributed by atoms with Crippen LogP contribution in [0.15, 0.2) is 46.9 Å². The largest absolute Gasteiger partial charge is 0.497 e. The van der Waals surface area contributed by atoms with E-state index in [1.807, 2.05) is 31.3 Å². The van der Waals surface area contributed by atoms with E-state index in [1.165, 1.54) is 12.1 Å². The number of oxazole rings is 1. The van der Waals surface area contributed by atoms with Crippen molar-refractivity contribution in [3.63, 3.8) is 0 Å². The van der Waals surface area contributed by atoms with Gasteiger partial charge in [-0.25, -0.2) is 13.8 Å². The van der Waals surface area contributed by atoms with Crippen LogP contribution in [0, 0.1) is 18.6 Å². The number of aromatic nitrogens is 1. The number of ether oxygens (including phenoxy) is 1. The number of aryl methyl sites for hydroxylation is 1. The molecule has 1 heterocycles. The lowest BCUT2D eigenvalue weighted by Crippen LogP contribution is -2.22. The highest BCUT2D eigenvalue weighted by molar-refractivity contribution is 5.54. The molecule has 1 atom stereocenters. The van der Waals surface area contributed by atoms with Gasteiger partial charge in [-0.2, -0.15) is 0 Å². The van der Waals surface area contributed by atoms with Crippen molar-refractivity contribution in [3.05, 3.63) is 71.1 Å². The summed E-state index contributed by atoms with van der Waals surface area (Å²) in [5.41, 5.74) is 1.98. The second kappa shape index (κ2) is 7.88. The zero-order valence-electron chi connectivity index (χ0n) is 15.8. The van der Waals surface area contributed by atoms with Crippen LogP contribution in [0.2, 0.25) is 0 Å². The van der Waals surface area contributed by atoms with Crippen molar-refractivity contribution < 1.29 is 17.9 Å². The van der Waals surface area contributed by atoms with E-state index >= 15 is 0 Å². The molecule has 0 spiro atoms. The fourth-order valence-corrected chi connectivity index (χ4v) is 2.88. The Bertz CT molecular complexity index is 940. The number of hydrogen-bond donors (Lipinski definition) is 0. The minimum absolute atomic E-state index is 0.113. The molecule has 1 aromatic heterocycles. The van der Waals surface area contributed by atoms with Crippen LogP contribution in [-0.4, -0.2) is 24.0 Å². The Morgan fingerprint density at radius 3 is 2.67 bits per heavy atom. The average Bonchev–Trinajstić information content (AvgIpc) is 3.01. The second-order valence-electron chi connectivity index (χ2n) is 6.51. The molecule has 0 saturated carbocycles. The molecule has 6 heteroatoms. The third-order valence-corrected chi connectivity index (χ3v) is 4.69. The van der Waals surface area contributed by atoms with Crippen molar-refractivity contribution in [1.29, 1.82) is 0 Å². The van der Waals surface area contributed by atoms with Gasteiger partial charge in [0.2, 0.25) is 5.89 Å². The topological polar surface area (TPSA) is 38.5 Å². The normalized spacial score (nSPS) is 12.4. The summed E-state index contributed by atoms with van der Waals surface area (Å²) in [6, 6.07) is 11.4. The first kappa shape index (κ1) is 19.0. The lowest BCUT2D eigenvalue weighted by molar-refractivity contribution is 0.248. The van der Waals surface area contributed by atoms with E-state index in [1.54, 1.807) is 14.0 Å². The Balaban J connectivity index is 1.80. The number of nitrogens with zero attached hydrogens (tertiary/aromatic N) is 2. The fraction of sp³-hybridized carbons (Fsp3) is 0.286. The molecular weight excluding hydrogens is 350 g/mol. The Morgan fingerprint density at radius 1 is 1.19 bits per heavy atom. The Kier molecular flexibility index (Phi) is 5.56. The third-order valence-electron chi connectivity index (χ3n) is 4.69. The maximum atomic E-state index is 14.0. The number of hydrogen-bond acceptors (Lipinski definition) is 4. The van der Waals surface area contributed by atoms with Crippen LogP contribution in [0.1, 0.15) is 30.0 Å². The van der Waals surface area contributed by atoms with Crippen LogP contribution >= 0.6 is 0 Å². The molecule has 3 rings (SSSR count). The maximum Gasteiger partial charge on any atom is 0.229 e. The Morgan fingerprint density at radius 2 is 1.96 bits per heavy atom. The minimum Gasteiger partial charge on any atom is -0.497 e. The van der Waals surface area contributed by atoms with Gasteiger partial charge in [0.25, 0.3) is 0 Å². The van der Waals surface area contributed by atoms with Crippen LogP contribution < -0.4 is 4.74 Å². The number of methoxy groups -OCH3 is 1. The van der Waals surface area contributed by atoms with Gasteiger partial charge in [-0.1, -0.05) is 12.1 Å². The van der Waals surface area contributed by atoms with E-state index in [2.05, 4.69) is 16.8 Å². The van der Waals surface area contributed by atoms with Gasteiger partial charge in [0.15, 0.2) is 0 Å². The van der Waals surface area contributed by atoms with Gasteiger partial charge < -0.3 is 9.15 Å². The molecule has 0 amide bonds. The first-order chi connectivity index (χ1) is 12.9. The van der Waals surface area contributed by atoms with Crippen LogP contribution in [-0.2, 0) is 6.54 Å². The van der Waals surface area contributed by atoms with Crippen molar-refractivity contribution >= 4 is 0 Å². The Hall–Kier alpha value is -2.73. The highest BCUT2D eigenvalue weighted by Gasteiger charge is 2.19. The lowest BCUT2D eigenvalue weighted by Gasteiger charge is -2.24. The monoisotopic (exact) mass is 372 g/mol. The van der Waals surface area contributed by atoms with Crippen molar-refractivity contribution in [3.8, 4) is 17.2 Å². The predicted molar refractivity (Wildman–Crippen MR) is 99.5 cm³/mol. The van der Waals surface area contributed by atoms with Gasteiger partial charge in [-0.15, -0.1) is 0 Å². The van der Waals surface area contributed by atoms with Gasteiger partial charge in [0.1, 0.15) is 23.1 Å². The molecule has 0 fully saturated rings. The van der Waals surface area contributed by atoms with Crippen LogP contribution in [0.3, 0.4) is 0 Å². The molecule has 142 valence electrons. The molecule has 0 N–H and O–H groups in total. The lowest BCUT2D eigenvalue weighted by atomic mass is 10.1. The first-order valence-corrected chi connectivity index (χ1v) is 8.65. The molecule has 3 aromatic rings. The summed E-state index contributed by atoms with van der Waals surface area (Å²) in [4.78, 5) is 6.54. The van der Waals surface area contributed by atoms with Crippen molar-refractivity contribution in [2.24, 2.45) is 0 Å². The average molecular weight is 372 g/mol. The smallest absolute Gasteiger partial charge is 0.229 e. The van der Waals surface area contributed by atoms with E-state index in [9.17, 15) is 8.78 Å². The van der Waals surface area contributed by atoms with Crippen LogP contribution in [0.4, 0.5) is 8.78 Å². The van der Waals surface area contributed by atoms with Gasteiger partial charge in [-0.3, -0.25) is 4.90 Å². The quantitative estimate of drug-likeness (QED) is 0.601. The zero-order chi connectivity index (χ0) is 19.6. The summed E-state index contributed by atoms with van der Waals surface area (Å²) in [7, 11) is 3.62. The second-order valence-corrected chi connectivity index (χ2v) is 6.51. The molecule has 0 radical (unpaired) electrons. The standard InChI is InChI=1S/C21H22F2N2O2/c1-13(15-6-5-7-17(10-15)26-4)25(3)12-20-14(2)27-21(24-20)18-9-8-16(22)11-19(18)23/h5-11,13H,12H2,1-4H3/t13-/m1/s1. The SMILES string of the molecule is COc1cccc([C@@H](C)N(C)Cc2nc(-c3ccc(F)cc3F)oc2C)c1. The molecule has 0 aliphatic heterocycles. The number of halogens is 2. The number of benzene rings is 2. The molecule has 27 heavy (non-hydrogen) atoms. The summed E-state index contributed by atoms with van der Waals surface area (Å²) >= 11 is 0. The summed E-state index contributed by atoms with van der Waals surface area (Å²) in [6.45, 7) is 4.40. The number of rotatable bonds is 6. The van der Waals surface area contributed by atoms with E-state index in [4.69, 9.17) is 9.15 Å². The summed E-state index contributed by atoms with van der Waals surface area (Å²) < 4.78 is 38.0. The molecule has 2 aromatic carbocycles. The molecular formula is C21H22F2N2O2. The summed E-state index contributed by atoms with van der Waals surface area (Å²) in [5, 5.41) is 0. The zero-order valence-corrected chi connectivity index (χ0v) is 15.8. The highest BCUT2D eigenvalue weighted by Crippen LogP contribution is 2.28. The Labute approximate surface area is 157 Å². The molecule has 4 nitrogen and oxygen atoms in total. The van der Waals surface area contributed by atoms with Gasteiger partial charge in [0.05, 0.1) is 18.4 Å². The predicted octanol–water partition coefficient (Wildman–Crippen LogP) is 5.13.